The van der Waals surface area contributed by atoms with Crippen LogP contribution in [0.3, 0.4) is 0 Å². The van der Waals surface area contributed by atoms with Crippen molar-refractivity contribution in [2.75, 3.05) is 13.3 Å². The molecule has 1 saturated heterocycles. The molecule has 0 spiro atoms. The van der Waals surface area contributed by atoms with Gasteiger partial charge in [-0.3, -0.25) is 14.8 Å². The molecule has 4 rings (SSSR count). The normalized spacial score (nSPS) is 21.9. The Balaban J connectivity index is 1.47. The first-order valence-electron chi connectivity index (χ1n) is 8.95. The van der Waals surface area contributed by atoms with Crippen molar-refractivity contribution in [3.05, 3.63) is 47.5 Å². The highest BCUT2D eigenvalue weighted by Gasteiger charge is 2.35. The fraction of sp³-hybridized carbons (Fsp3) is 0.450. The molecule has 1 fully saturated rings. The maximum absolute atomic E-state index is 12.4. The van der Waals surface area contributed by atoms with E-state index in [9.17, 15) is 4.79 Å². The number of rotatable bonds is 4. The third kappa shape index (κ3) is 3.49. The zero-order valence-corrected chi connectivity index (χ0v) is 15.2. The van der Waals surface area contributed by atoms with E-state index in [0.29, 0.717) is 13.0 Å². The lowest BCUT2D eigenvalue weighted by Gasteiger charge is -2.40. The topological polar surface area (TPSA) is 64.6 Å². The molecular weight excluding hydrogens is 330 g/mol. The third-order valence-electron chi connectivity index (χ3n) is 5.12. The SMILES string of the molecule is Cc1cnc(CN2C[C@@](C)(Cc3ccc4c(c3)OCO4)CCC2=O)cn1. The highest BCUT2D eigenvalue weighted by atomic mass is 16.7. The summed E-state index contributed by atoms with van der Waals surface area (Å²) in [5.74, 6) is 1.80. The number of hydrogen-bond donors (Lipinski definition) is 0. The van der Waals surface area contributed by atoms with E-state index < -0.39 is 0 Å². The van der Waals surface area contributed by atoms with Crippen LogP contribution in [-0.4, -0.2) is 34.1 Å². The number of benzene rings is 1. The summed E-state index contributed by atoms with van der Waals surface area (Å²) >= 11 is 0. The highest BCUT2D eigenvalue weighted by Crippen LogP contribution is 2.38. The molecule has 0 saturated carbocycles. The van der Waals surface area contributed by atoms with Crippen LogP contribution in [0.5, 0.6) is 11.5 Å². The van der Waals surface area contributed by atoms with Gasteiger partial charge < -0.3 is 14.4 Å². The molecule has 1 atom stereocenters. The maximum atomic E-state index is 12.4. The minimum absolute atomic E-state index is 0.0275. The van der Waals surface area contributed by atoms with Gasteiger partial charge in [0.2, 0.25) is 12.7 Å². The molecule has 2 aliphatic rings. The summed E-state index contributed by atoms with van der Waals surface area (Å²) in [5, 5.41) is 0. The minimum atomic E-state index is 0.0275. The number of piperidine rings is 1. The second-order valence-electron chi connectivity index (χ2n) is 7.57. The van der Waals surface area contributed by atoms with E-state index in [0.717, 1.165) is 42.3 Å². The molecule has 3 heterocycles. The number of carbonyl (C=O) groups is 1. The van der Waals surface area contributed by atoms with Gasteiger partial charge in [-0.05, 0) is 42.9 Å². The van der Waals surface area contributed by atoms with Gasteiger partial charge in [-0.15, -0.1) is 0 Å². The first-order chi connectivity index (χ1) is 12.5. The van der Waals surface area contributed by atoms with Gasteiger partial charge in [-0.2, -0.15) is 0 Å². The van der Waals surface area contributed by atoms with Crippen LogP contribution in [0, 0.1) is 12.3 Å². The van der Waals surface area contributed by atoms with Gasteiger partial charge in [0.1, 0.15) is 0 Å². The van der Waals surface area contributed by atoms with Gasteiger partial charge in [0.05, 0.1) is 24.1 Å². The molecule has 2 aliphatic heterocycles. The zero-order valence-electron chi connectivity index (χ0n) is 15.2. The van der Waals surface area contributed by atoms with Gasteiger partial charge in [-0.1, -0.05) is 13.0 Å². The van der Waals surface area contributed by atoms with E-state index in [1.54, 1.807) is 12.4 Å². The number of fused-ring (bicyclic) bond motifs is 1. The molecule has 26 heavy (non-hydrogen) atoms. The first-order valence-corrected chi connectivity index (χ1v) is 8.95. The lowest BCUT2D eigenvalue weighted by molar-refractivity contribution is -0.138. The summed E-state index contributed by atoms with van der Waals surface area (Å²) in [6.45, 7) is 5.68. The number of carbonyl (C=O) groups excluding carboxylic acids is 1. The Morgan fingerprint density at radius 2 is 2.04 bits per heavy atom. The van der Waals surface area contributed by atoms with Crippen molar-refractivity contribution in [2.45, 2.75) is 39.7 Å². The lowest BCUT2D eigenvalue weighted by Crippen LogP contribution is -2.45. The quantitative estimate of drug-likeness (QED) is 0.846. The second kappa shape index (κ2) is 6.59. The molecular formula is C20H23N3O3. The number of aryl methyl sites for hydroxylation is 1. The van der Waals surface area contributed by atoms with Crippen molar-refractivity contribution in [2.24, 2.45) is 5.41 Å². The van der Waals surface area contributed by atoms with Crippen LogP contribution in [0.1, 0.15) is 36.7 Å². The van der Waals surface area contributed by atoms with Crippen molar-refractivity contribution in [3.63, 3.8) is 0 Å². The van der Waals surface area contributed by atoms with Crippen LogP contribution in [0.15, 0.2) is 30.6 Å². The van der Waals surface area contributed by atoms with E-state index in [1.165, 1.54) is 5.56 Å². The number of amides is 1. The second-order valence-corrected chi connectivity index (χ2v) is 7.57. The maximum Gasteiger partial charge on any atom is 0.231 e. The van der Waals surface area contributed by atoms with Crippen LogP contribution in [0.25, 0.3) is 0 Å². The molecule has 0 N–H and O–H groups in total. The molecule has 0 radical (unpaired) electrons. The predicted octanol–water partition coefficient (Wildman–Crippen LogP) is 2.89. The predicted molar refractivity (Wildman–Crippen MR) is 95.8 cm³/mol. The van der Waals surface area contributed by atoms with Crippen molar-refractivity contribution in [1.29, 1.82) is 0 Å². The van der Waals surface area contributed by atoms with E-state index in [4.69, 9.17) is 9.47 Å². The Morgan fingerprint density at radius 3 is 2.85 bits per heavy atom. The first kappa shape index (κ1) is 16.8. The fourth-order valence-electron chi connectivity index (χ4n) is 3.72. The third-order valence-corrected chi connectivity index (χ3v) is 5.12. The molecule has 2 aromatic rings. The Hall–Kier alpha value is -2.63. The lowest BCUT2D eigenvalue weighted by atomic mass is 9.76. The van der Waals surface area contributed by atoms with E-state index >= 15 is 0 Å². The van der Waals surface area contributed by atoms with Crippen LogP contribution in [0.2, 0.25) is 0 Å². The standard InChI is InChI=1S/C20H23N3O3/c1-14-9-22-16(10-21-14)11-23-12-20(2,6-5-19(23)24)8-15-3-4-17-18(7-15)26-13-25-17/h3-4,7,9-10H,5-6,8,11-13H2,1-2H3/t20-/m1/s1. The van der Waals surface area contributed by atoms with Gasteiger partial charge >= 0.3 is 0 Å². The number of likely N-dealkylation sites (tertiary alicyclic amines) is 1. The summed E-state index contributed by atoms with van der Waals surface area (Å²) in [6.07, 6.45) is 5.85. The highest BCUT2D eigenvalue weighted by molar-refractivity contribution is 5.77. The fourth-order valence-corrected chi connectivity index (χ4v) is 3.72. The van der Waals surface area contributed by atoms with E-state index in [1.807, 2.05) is 17.9 Å². The van der Waals surface area contributed by atoms with Crippen LogP contribution >= 0.6 is 0 Å². The molecule has 1 aromatic heterocycles. The summed E-state index contributed by atoms with van der Waals surface area (Å²) in [7, 11) is 0. The van der Waals surface area contributed by atoms with Crippen LogP contribution in [0.4, 0.5) is 0 Å². The van der Waals surface area contributed by atoms with Gasteiger partial charge in [0, 0.05) is 19.2 Å². The number of ether oxygens (including phenoxy) is 2. The van der Waals surface area contributed by atoms with Crippen LogP contribution in [-0.2, 0) is 17.8 Å². The summed E-state index contributed by atoms with van der Waals surface area (Å²) in [6, 6.07) is 6.11. The molecule has 6 nitrogen and oxygen atoms in total. The monoisotopic (exact) mass is 353 g/mol. The Bertz CT molecular complexity index is 822. The summed E-state index contributed by atoms with van der Waals surface area (Å²) in [5.41, 5.74) is 2.95. The van der Waals surface area contributed by atoms with Crippen molar-refractivity contribution in [1.82, 2.24) is 14.9 Å². The summed E-state index contributed by atoms with van der Waals surface area (Å²) < 4.78 is 10.9. The average Bonchev–Trinajstić information content (AvgIpc) is 3.08. The molecule has 136 valence electrons. The molecule has 0 aliphatic carbocycles. The Kier molecular flexibility index (Phi) is 4.26. The van der Waals surface area contributed by atoms with Gasteiger partial charge in [-0.25, -0.2) is 0 Å². The van der Waals surface area contributed by atoms with Gasteiger partial charge in [0.15, 0.2) is 11.5 Å². The molecule has 6 heteroatoms. The Labute approximate surface area is 153 Å². The smallest absolute Gasteiger partial charge is 0.231 e. The Morgan fingerprint density at radius 1 is 1.19 bits per heavy atom. The molecule has 0 bridgehead atoms. The average molecular weight is 353 g/mol. The molecule has 1 aromatic carbocycles. The van der Waals surface area contributed by atoms with E-state index in [2.05, 4.69) is 29.0 Å². The van der Waals surface area contributed by atoms with Crippen molar-refractivity contribution < 1.29 is 14.3 Å². The minimum Gasteiger partial charge on any atom is -0.454 e. The van der Waals surface area contributed by atoms with Crippen LogP contribution < -0.4 is 9.47 Å². The molecule has 0 unspecified atom stereocenters. The molecule has 1 amide bonds. The number of hydrogen-bond acceptors (Lipinski definition) is 5. The van der Waals surface area contributed by atoms with Crippen molar-refractivity contribution >= 4 is 5.91 Å². The largest absolute Gasteiger partial charge is 0.454 e. The van der Waals surface area contributed by atoms with Gasteiger partial charge in [0.25, 0.3) is 0 Å². The van der Waals surface area contributed by atoms with E-state index in [-0.39, 0.29) is 18.1 Å². The summed E-state index contributed by atoms with van der Waals surface area (Å²) in [4.78, 5) is 23.0. The number of aromatic nitrogens is 2. The number of nitrogens with zero attached hydrogens (tertiary/aromatic N) is 3. The zero-order chi connectivity index (χ0) is 18.1. The van der Waals surface area contributed by atoms with Crippen molar-refractivity contribution in [3.8, 4) is 11.5 Å².